The topological polar surface area (TPSA) is 69.2 Å². The number of ether oxygens (including phenoxy) is 1. The number of aromatic nitrogens is 1. The Kier molecular flexibility index (Phi) is 17.7. The molecule has 0 bridgehead atoms. The molecule has 0 aliphatic carbocycles. The maximum atomic E-state index is 14.5. The summed E-state index contributed by atoms with van der Waals surface area (Å²) < 4.78 is 35.0. The van der Waals surface area contributed by atoms with Gasteiger partial charge < -0.3 is 19.4 Å². The van der Waals surface area contributed by atoms with E-state index in [2.05, 4.69) is 52.0 Å². The first-order chi connectivity index (χ1) is 27.9. The molecule has 0 N–H and O–H groups in total. The van der Waals surface area contributed by atoms with Crippen molar-refractivity contribution in [1.29, 1.82) is 0 Å². The Labute approximate surface area is 350 Å². The van der Waals surface area contributed by atoms with Crippen LogP contribution in [-0.2, 0) is 9.84 Å². The number of sulfone groups is 1. The summed E-state index contributed by atoms with van der Waals surface area (Å²) >= 11 is 1.68. The Hall–Kier alpha value is -2.37. The van der Waals surface area contributed by atoms with Crippen LogP contribution in [0.2, 0.25) is 0 Å². The first-order valence-electron chi connectivity index (χ1n) is 22.7. The van der Waals surface area contributed by atoms with Crippen LogP contribution in [-0.4, -0.2) is 112 Å². The van der Waals surface area contributed by atoms with Crippen molar-refractivity contribution in [3.8, 4) is 5.75 Å². The van der Waals surface area contributed by atoms with Crippen molar-refractivity contribution in [1.82, 2.24) is 19.7 Å². The molecule has 0 spiro atoms. The molecule has 8 nitrogen and oxygen atoms in total. The largest absolute Gasteiger partial charge is 0.494 e. The smallest absolute Gasteiger partial charge is 0.210 e. The van der Waals surface area contributed by atoms with E-state index in [-0.39, 0.29) is 4.90 Å². The molecule has 0 radical (unpaired) electrons. The number of nitrogens with zero attached hydrogens (tertiary/aromatic N) is 5. The van der Waals surface area contributed by atoms with Crippen LogP contribution in [0, 0.1) is 0 Å². The van der Waals surface area contributed by atoms with E-state index in [9.17, 15) is 8.42 Å². The molecule has 3 aromatic rings. The second-order valence-electron chi connectivity index (χ2n) is 17.1. The van der Waals surface area contributed by atoms with Gasteiger partial charge in [0.1, 0.15) is 10.6 Å². The van der Waals surface area contributed by atoms with Crippen molar-refractivity contribution >= 4 is 38.2 Å². The van der Waals surface area contributed by atoms with Gasteiger partial charge in [0.05, 0.1) is 22.7 Å². The fraction of sp³-hybridized carbons (Fsp3) is 0.681. The predicted octanol–water partition coefficient (Wildman–Crippen LogP) is 10.3. The third-order valence-corrected chi connectivity index (χ3v) is 15.5. The molecule has 4 heterocycles. The van der Waals surface area contributed by atoms with Crippen molar-refractivity contribution in [2.75, 3.05) is 77.2 Å². The molecule has 3 aliphatic rings. The van der Waals surface area contributed by atoms with Gasteiger partial charge in [0.2, 0.25) is 9.84 Å². The minimum absolute atomic E-state index is 0.285. The zero-order chi connectivity index (χ0) is 39.9. The number of hydrogen-bond donors (Lipinski definition) is 0. The third-order valence-electron chi connectivity index (χ3n) is 13.1. The number of unbranched alkanes of at least 4 members (excludes halogenated alkanes) is 13. The van der Waals surface area contributed by atoms with Crippen LogP contribution in [0.15, 0.2) is 63.3 Å². The molecule has 3 aliphatic heterocycles. The van der Waals surface area contributed by atoms with Gasteiger partial charge in [-0.05, 0) is 101 Å². The number of thioether (sulfide) groups is 1. The summed E-state index contributed by atoms with van der Waals surface area (Å²) in [5, 5.41) is 0.919. The van der Waals surface area contributed by atoms with Gasteiger partial charge in [-0.1, -0.05) is 90.4 Å². The van der Waals surface area contributed by atoms with E-state index < -0.39 is 9.84 Å². The van der Waals surface area contributed by atoms with Gasteiger partial charge in [-0.2, -0.15) is 0 Å². The molecule has 10 heteroatoms. The molecular formula is C47H73N5O3S2. The molecule has 0 amide bonds. The van der Waals surface area contributed by atoms with Crippen molar-refractivity contribution in [3.63, 3.8) is 0 Å². The van der Waals surface area contributed by atoms with Crippen LogP contribution >= 0.6 is 11.8 Å². The highest BCUT2D eigenvalue weighted by Crippen LogP contribution is 2.39. The predicted molar refractivity (Wildman–Crippen MR) is 240 cm³/mol. The van der Waals surface area contributed by atoms with Crippen LogP contribution in [0.3, 0.4) is 0 Å². The number of rotatable bonds is 22. The van der Waals surface area contributed by atoms with Crippen molar-refractivity contribution in [2.45, 2.75) is 149 Å². The number of piperidine rings is 2. The maximum Gasteiger partial charge on any atom is 0.210 e. The monoisotopic (exact) mass is 820 g/mol. The summed E-state index contributed by atoms with van der Waals surface area (Å²) in [7, 11) is -1.60. The summed E-state index contributed by atoms with van der Waals surface area (Å²) in [6.07, 6.45) is 26.9. The summed E-state index contributed by atoms with van der Waals surface area (Å²) in [6, 6.07) is 14.5. The maximum absolute atomic E-state index is 14.5. The highest BCUT2D eigenvalue weighted by atomic mass is 32.2. The molecule has 1 aromatic heterocycles. The zero-order valence-corrected chi connectivity index (χ0v) is 37.3. The molecule has 0 unspecified atom stereocenters. The van der Waals surface area contributed by atoms with Crippen molar-refractivity contribution in [3.05, 3.63) is 48.7 Å². The standard InChI is InChI=1S/C47H73N5O3S2/c1-4-5-6-7-8-9-10-11-12-13-14-15-16-17-36-55-41-18-21-43(22-19-41)57(53,54)46-38-48-45-23-20-42(56-3)37-44(45)47(46)52-30-26-39(27-31-52)50-28-24-40(25-29-50)51-34-32-49(2)33-35-51/h18-23,37-40H,4-17,24-36H2,1-3H3. The molecule has 6 rings (SSSR count). The Morgan fingerprint density at radius 1 is 0.684 bits per heavy atom. The number of likely N-dealkylation sites (N-methyl/N-ethyl adjacent to an activating group) is 1. The van der Waals surface area contributed by atoms with Crippen molar-refractivity contribution < 1.29 is 13.2 Å². The molecule has 316 valence electrons. The van der Waals surface area contributed by atoms with Gasteiger partial charge in [0.15, 0.2) is 0 Å². The van der Waals surface area contributed by atoms with Crippen LogP contribution in [0.4, 0.5) is 5.69 Å². The van der Waals surface area contributed by atoms with Gasteiger partial charge >= 0.3 is 0 Å². The Bertz CT molecular complexity index is 1730. The minimum atomic E-state index is -3.84. The quantitative estimate of drug-likeness (QED) is 0.0728. The molecule has 0 atom stereocenters. The first-order valence-corrected chi connectivity index (χ1v) is 25.4. The van der Waals surface area contributed by atoms with Gasteiger partial charge in [0, 0.05) is 67.8 Å². The van der Waals surface area contributed by atoms with Crippen LogP contribution in [0.5, 0.6) is 5.75 Å². The number of fused-ring (bicyclic) bond motifs is 1. The molecule has 3 saturated heterocycles. The van der Waals surface area contributed by atoms with Gasteiger partial charge in [0.25, 0.3) is 0 Å². The SMILES string of the molecule is CCCCCCCCCCCCCCCCOc1ccc(S(=O)(=O)c2cnc3ccc(SC)cc3c2N2CCC(N3CCC(N4CCN(C)CC4)CC3)CC2)cc1. The summed E-state index contributed by atoms with van der Waals surface area (Å²) in [4.78, 5) is 16.6. The first kappa shape index (κ1) is 44.2. The molecule has 0 saturated carbocycles. The van der Waals surface area contributed by atoms with Crippen LogP contribution in [0.25, 0.3) is 10.9 Å². The van der Waals surface area contributed by atoms with E-state index in [1.807, 2.05) is 18.2 Å². The fourth-order valence-corrected chi connectivity index (χ4v) is 11.2. The van der Waals surface area contributed by atoms with Crippen LogP contribution in [0.1, 0.15) is 122 Å². The molecule has 3 fully saturated rings. The van der Waals surface area contributed by atoms with Crippen molar-refractivity contribution in [2.24, 2.45) is 0 Å². The summed E-state index contributed by atoms with van der Waals surface area (Å²) in [5.74, 6) is 0.722. The van der Waals surface area contributed by atoms with Gasteiger partial charge in [-0.25, -0.2) is 8.42 Å². The normalized spacial score (nSPS) is 18.5. The number of likely N-dealkylation sites (tertiary alicyclic amines) is 1. The highest BCUT2D eigenvalue weighted by Gasteiger charge is 2.34. The Morgan fingerprint density at radius 2 is 1.23 bits per heavy atom. The average Bonchev–Trinajstić information content (AvgIpc) is 3.25. The Balaban J connectivity index is 0.999. The summed E-state index contributed by atoms with van der Waals surface area (Å²) in [5.41, 5.74) is 1.64. The number of anilines is 1. The van der Waals surface area contributed by atoms with E-state index in [4.69, 9.17) is 9.72 Å². The lowest BCUT2D eigenvalue weighted by Crippen LogP contribution is -2.54. The lowest BCUT2D eigenvalue weighted by Gasteiger charge is -2.46. The highest BCUT2D eigenvalue weighted by molar-refractivity contribution is 7.98. The van der Waals surface area contributed by atoms with E-state index in [1.165, 1.54) is 122 Å². The lowest BCUT2D eigenvalue weighted by atomic mass is 9.96. The zero-order valence-electron chi connectivity index (χ0n) is 35.6. The van der Waals surface area contributed by atoms with Crippen LogP contribution < -0.4 is 9.64 Å². The van der Waals surface area contributed by atoms with E-state index in [1.54, 1.807) is 30.1 Å². The number of hydrogen-bond acceptors (Lipinski definition) is 9. The average molecular weight is 820 g/mol. The van der Waals surface area contributed by atoms with Gasteiger partial charge in [-0.3, -0.25) is 9.88 Å². The number of pyridine rings is 1. The van der Waals surface area contributed by atoms with E-state index in [0.717, 1.165) is 72.7 Å². The Morgan fingerprint density at radius 3 is 1.81 bits per heavy atom. The third kappa shape index (κ3) is 12.6. The molecule has 2 aromatic carbocycles. The van der Waals surface area contributed by atoms with E-state index >= 15 is 0 Å². The fourth-order valence-electron chi connectivity index (χ4n) is 9.38. The van der Waals surface area contributed by atoms with E-state index in [0.29, 0.717) is 23.6 Å². The second-order valence-corrected chi connectivity index (χ2v) is 19.9. The molecule has 57 heavy (non-hydrogen) atoms. The number of piperazine rings is 1. The number of benzene rings is 2. The molecular weight excluding hydrogens is 747 g/mol. The lowest BCUT2D eigenvalue weighted by molar-refractivity contribution is 0.0495. The minimum Gasteiger partial charge on any atom is -0.494 e. The summed E-state index contributed by atoms with van der Waals surface area (Å²) in [6.45, 7) is 11.7. The second kappa shape index (κ2) is 22.8. The van der Waals surface area contributed by atoms with Gasteiger partial charge in [-0.15, -0.1) is 11.8 Å².